The molecule has 1 unspecified atom stereocenters. The van der Waals surface area contributed by atoms with E-state index < -0.39 is 11.9 Å². The van der Waals surface area contributed by atoms with Crippen LogP contribution in [0.25, 0.3) is 0 Å². The van der Waals surface area contributed by atoms with Gasteiger partial charge < -0.3 is 20.1 Å². The summed E-state index contributed by atoms with van der Waals surface area (Å²) >= 11 is 0. The van der Waals surface area contributed by atoms with Crippen LogP contribution in [0.15, 0.2) is 30.0 Å². The number of hydrogen-bond donors (Lipinski definition) is 2. The van der Waals surface area contributed by atoms with E-state index in [1.54, 1.807) is 25.1 Å². The Kier molecular flexibility index (Phi) is 7.65. The average molecular weight is 348 g/mol. The minimum Gasteiger partial charge on any atom is -0.466 e. The van der Waals surface area contributed by atoms with Gasteiger partial charge in [-0.1, -0.05) is 19.9 Å². The third-order valence-corrected chi connectivity index (χ3v) is 3.79. The Hall–Kier alpha value is -2.83. The third-order valence-electron chi connectivity index (χ3n) is 3.79. The second-order valence-electron chi connectivity index (χ2n) is 5.47. The van der Waals surface area contributed by atoms with E-state index in [1.165, 1.54) is 14.2 Å². The molecule has 0 aliphatic carbocycles. The minimum absolute atomic E-state index is 0.0668. The lowest BCUT2D eigenvalue weighted by Gasteiger charge is -2.16. The molecule has 136 valence electrons. The molecule has 1 rings (SSSR count). The van der Waals surface area contributed by atoms with E-state index >= 15 is 0 Å². The van der Waals surface area contributed by atoms with Gasteiger partial charge in [0.05, 0.1) is 20.3 Å². The lowest BCUT2D eigenvalue weighted by molar-refractivity contribution is -0.138. The van der Waals surface area contributed by atoms with Gasteiger partial charge in [-0.05, 0) is 31.0 Å². The van der Waals surface area contributed by atoms with Crippen molar-refractivity contribution in [1.82, 2.24) is 0 Å². The topological polar surface area (TPSA) is 93.7 Å². The molecule has 2 N–H and O–H groups in total. The molecular formula is C18H24N2O5. The molecule has 7 nitrogen and oxygen atoms in total. The SMILES string of the molecule is CCC(C)C(=O)Nc1cccc(N/C(=C/C(=O)OC)C(=O)OC)c1C. The van der Waals surface area contributed by atoms with Crippen LogP contribution in [0.3, 0.4) is 0 Å². The van der Waals surface area contributed by atoms with E-state index in [-0.39, 0.29) is 17.5 Å². The van der Waals surface area contributed by atoms with Crippen molar-refractivity contribution in [2.45, 2.75) is 27.2 Å². The fourth-order valence-electron chi connectivity index (χ4n) is 1.93. The van der Waals surface area contributed by atoms with Gasteiger partial charge in [-0.15, -0.1) is 0 Å². The molecule has 1 amide bonds. The highest BCUT2D eigenvalue weighted by molar-refractivity contribution is 5.99. The highest BCUT2D eigenvalue weighted by Crippen LogP contribution is 2.25. The van der Waals surface area contributed by atoms with Crippen LogP contribution in [0, 0.1) is 12.8 Å². The first-order valence-corrected chi connectivity index (χ1v) is 7.89. The van der Waals surface area contributed by atoms with Gasteiger partial charge in [0.15, 0.2) is 0 Å². The van der Waals surface area contributed by atoms with Crippen molar-refractivity contribution in [3.8, 4) is 0 Å². The lowest BCUT2D eigenvalue weighted by Crippen LogP contribution is -2.21. The number of esters is 2. The Labute approximate surface area is 147 Å². The Bertz CT molecular complexity index is 682. The van der Waals surface area contributed by atoms with Crippen molar-refractivity contribution >= 4 is 29.2 Å². The largest absolute Gasteiger partial charge is 0.466 e. The van der Waals surface area contributed by atoms with Crippen molar-refractivity contribution in [2.24, 2.45) is 5.92 Å². The highest BCUT2D eigenvalue weighted by Gasteiger charge is 2.16. The van der Waals surface area contributed by atoms with E-state index in [0.29, 0.717) is 11.4 Å². The number of nitrogens with one attached hydrogen (secondary N) is 2. The molecule has 0 bridgehead atoms. The first-order valence-electron chi connectivity index (χ1n) is 7.89. The van der Waals surface area contributed by atoms with Crippen molar-refractivity contribution < 1.29 is 23.9 Å². The van der Waals surface area contributed by atoms with E-state index in [2.05, 4.69) is 20.1 Å². The number of anilines is 2. The summed E-state index contributed by atoms with van der Waals surface area (Å²) in [6, 6.07) is 5.22. The summed E-state index contributed by atoms with van der Waals surface area (Å²) in [4.78, 5) is 35.4. The molecule has 0 fully saturated rings. The van der Waals surface area contributed by atoms with E-state index in [9.17, 15) is 14.4 Å². The highest BCUT2D eigenvalue weighted by atomic mass is 16.5. The molecule has 0 saturated heterocycles. The van der Waals surface area contributed by atoms with Gasteiger partial charge in [0.25, 0.3) is 0 Å². The summed E-state index contributed by atoms with van der Waals surface area (Å²) in [5.74, 6) is -1.59. The molecule has 0 aliphatic heterocycles. The summed E-state index contributed by atoms with van der Waals surface area (Å²) in [5.41, 5.74) is 1.83. The molecule has 0 radical (unpaired) electrons. The molecule has 25 heavy (non-hydrogen) atoms. The molecule has 0 aliphatic rings. The van der Waals surface area contributed by atoms with E-state index in [4.69, 9.17) is 0 Å². The molecule has 7 heteroatoms. The maximum atomic E-state index is 12.1. The average Bonchev–Trinajstić information content (AvgIpc) is 2.62. The normalized spacial score (nSPS) is 12.1. The first-order chi connectivity index (χ1) is 11.8. The minimum atomic E-state index is -0.709. The van der Waals surface area contributed by atoms with Gasteiger partial charge in [-0.3, -0.25) is 4.79 Å². The van der Waals surface area contributed by atoms with Gasteiger partial charge >= 0.3 is 11.9 Å². The van der Waals surface area contributed by atoms with Crippen LogP contribution >= 0.6 is 0 Å². The number of hydrogen-bond acceptors (Lipinski definition) is 6. The summed E-state index contributed by atoms with van der Waals surface area (Å²) in [5, 5.41) is 5.72. The van der Waals surface area contributed by atoms with Crippen molar-refractivity contribution in [1.29, 1.82) is 0 Å². The predicted molar refractivity (Wildman–Crippen MR) is 95.0 cm³/mol. The number of methoxy groups -OCH3 is 2. The molecule has 0 heterocycles. The summed E-state index contributed by atoms with van der Waals surface area (Å²) in [6.45, 7) is 5.58. The zero-order valence-corrected chi connectivity index (χ0v) is 15.1. The zero-order chi connectivity index (χ0) is 19.0. The number of carbonyl (C=O) groups is 3. The molecule has 0 aromatic heterocycles. The summed E-state index contributed by atoms with van der Waals surface area (Å²) in [6.07, 6.45) is 1.74. The lowest BCUT2D eigenvalue weighted by atomic mass is 10.1. The standard InChI is InChI=1S/C18H24N2O5/c1-6-11(2)17(22)20-14-9-7-8-13(12(14)3)19-15(18(23)25-5)10-16(21)24-4/h7-11,19H,6H2,1-5H3,(H,20,22)/b15-10+. The fraction of sp³-hybridized carbons (Fsp3) is 0.389. The van der Waals surface area contributed by atoms with Gasteiger partial charge in [0.1, 0.15) is 5.70 Å². The van der Waals surface area contributed by atoms with Crippen LogP contribution in [0.1, 0.15) is 25.8 Å². The molecular weight excluding hydrogens is 324 g/mol. The number of rotatable bonds is 7. The summed E-state index contributed by atoms with van der Waals surface area (Å²) < 4.78 is 9.20. The maximum absolute atomic E-state index is 12.1. The van der Waals surface area contributed by atoms with Crippen LogP contribution in [0.5, 0.6) is 0 Å². The van der Waals surface area contributed by atoms with Gasteiger partial charge in [-0.25, -0.2) is 9.59 Å². The van der Waals surface area contributed by atoms with Crippen LogP contribution in [0.2, 0.25) is 0 Å². The first kappa shape index (κ1) is 20.2. The Morgan fingerprint density at radius 1 is 1.12 bits per heavy atom. The zero-order valence-electron chi connectivity index (χ0n) is 15.1. The molecule has 1 atom stereocenters. The van der Waals surface area contributed by atoms with Crippen LogP contribution in [-0.2, 0) is 23.9 Å². The molecule has 0 spiro atoms. The summed E-state index contributed by atoms with van der Waals surface area (Å²) in [7, 11) is 2.43. The predicted octanol–water partition coefficient (Wildman–Crippen LogP) is 2.62. The van der Waals surface area contributed by atoms with E-state index in [0.717, 1.165) is 18.1 Å². The van der Waals surface area contributed by atoms with Crippen LogP contribution in [0.4, 0.5) is 11.4 Å². The number of ether oxygens (including phenoxy) is 2. The Morgan fingerprint density at radius 3 is 2.24 bits per heavy atom. The quantitative estimate of drug-likeness (QED) is 0.581. The van der Waals surface area contributed by atoms with Gasteiger partial charge in [0.2, 0.25) is 5.91 Å². The number of benzene rings is 1. The van der Waals surface area contributed by atoms with Crippen LogP contribution in [-0.4, -0.2) is 32.1 Å². The second-order valence-corrected chi connectivity index (χ2v) is 5.47. The van der Waals surface area contributed by atoms with Gasteiger partial charge in [-0.2, -0.15) is 0 Å². The maximum Gasteiger partial charge on any atom is 0.354 e. The fourth-order valence-corrected chi connectivity index (χ4v) is 1.93. The number of amides is 1. The van der Waals surface area contributed by atoms with Crippen molar-refractivity contribution in [3.63, 3.8) is 0 Å². The Morgan fingerprint density at radius 2 is 1.72 bits per heavy atom. The smallest absolute Gasteiger partial charge is 0.354 e. The van der Waals surface area contributed by atoms with Crippen molar-refractivity contribution in [3.05, 3.63) is 35.5 Å². The molecule has 1 aromatic carbocycles. The van der Waals surface area contributed by atoms with Crippen LogP contribution < -0.4 is 10.6 Å². The third kappa shape index (κ3) is 5.63. The monoisotopic (exact) mass is 348 g/mol. The Balaban J connectivity index is 3.11. The van der Waals surface area contributed by atoms with E-state index in [1.807, 2.05) is 13.8 Å². The number of carbonyl (C=O) groups excluding carboxylic acids is 3. The van der Waals surface area contributed by atoms with Crippen molar-refractivity contribution in [2.75, 3.05) is 24.9 Å². The molecule has 1 aromatic rings. The van der Waals surface area contributed by atoms with Gasteiger partial charge in [0, 0.05) is 17.3 Å². The second kappa shape index (κ2) is 9.46. The molecule has 0 saturated carbocycles.